The lowest BCUT2D eigenvalue weighted by Gasteiger charge is -2.27. The van der Waals surface area contributed by atoms with Crippen molar-refractivity contribution in [3.63, 3.8) is 0 Å². The summed E-state index contributed by atoms with van der Waals surface area (Å²) < 4.78 is 15.1. The number of aromatic nitrogens is 2. The lowest BCUT2D eigenvalue weighted by atomic mass is 9.94. The lowest BCUT2D eigenvalue weighted by molar-refractivity contribution is 0.100. The molecule has 0 saturated carbocycles. The molecule has 0 aliphatic heterocycles. The molecular formula is C26H25FN6O. The normalized spacial score (nSPS) is 12.6. The van der Waals surface area contributed by atoms with Crippen LogP contribution in [0, 0.1) is 12.7 Å². The van der Waals surface area contributed by atoms with E-state index in [9.17, 15) is 4.79 Å². The van der Waals surface area contributed by atoms with Gasteiger partial charge in [0, 0.05) is 6.20 Å². The molecule has 0 fully saturated rings. The maximum absolute atomic E-state index is 15.1. The van der Waals surface area contributed by atoms with Crippen LogP contribution in [0.2, 0.25) is 0 Å². The predicted molar refractivity (Wildman–Crippen MR) is 131 cm³/mol. The number of rotatable bonds is 8. The van der Waals surface area contributed by atoms with Gasteiger partial charge < -0.3 is 22.1 Å². The van der Waals surface area contributed by atoms with Crippen LogP contribution < -0.4 is 22.1 Å². The highest BCUT2D eigenvalue weighted by Gasteiger charge is 2.24. The summed E-state index contributed by atoms with van der Waals surface area (Å²) in [4.78, 5) is 20.5. The van der Waals surface area contributed by atoms with Gasteiger partial charge in [-0.05, 0) is 35.7 Å². The second kappa shape index (κ2) is 10.1. The number of aryl methyl sites for hydroxylation is 1. The number of pyridine rings is 2. The first-order chi connectivity index (χ1) is 16.4. The van der Waals surface area contributed by atoms with Gasteiger partial charge in [0.2, 0.25) is 0 Å². The maximum atomic E-state index is 15.1. The number of nitrogens with two attached hydrogens (primary N) is 2. The zero-order valence-corrected chi connectivity index (χ0v) is 18.6. The van der Waals surface area contributed by atoms with Crippen molar-refractivity contribution in [3.8, 4) is 0 Å². The van der Waals surface area contributed by atoms with Gasteiger partial charge in [-0.15, -0.1) is 0 Å². The molecule has 0 aliphatic rings. The van der Waals surface area contributed by atoms with Crippen LogP contribution in [0.1, 0.15) is 39.1 Å². The largest absolute Gasteiger partial charge is 0.365 e. The Kier molecular flexibility index (Phi) is 6.79. The van der Waals surface area contributed by atoms with Gasteiger partial charge in [-0.1, -0.05) is 60.7 Å². The minimum atomic E-state index is -0.804. The SMILES string of the molecule is Cc1cncc(Nc2nc(N[C@H](c3ccccc3)[C@@H](N)c3ccccc3)c(F)cc2C(N)=O)c1. The number of halogens is 1. The zero-order valence-electron chi connectivity index (χ0n) is 18.6. The van der Waals surface area contributed by atoms with Crippen LogP contribution in [-0.4, -0.2) is 15.9 Å². The van der Waals surface area contributed by atoms with Crippen molar-refractivity contribution in [2.75, 3.05) is 10.6 Å². The third kappa shape index (κ3) is 5.19. The molecule has 2 aromatic carbocycles. The quantitative estimate of drug-likeness (QED) is 0.307. The van der Waals surface area contributed by atoms with E-state index in [4.69, 9.17) is 11.5 Å². The summed E-state index contributed by atoms with van der Waals surface area (Å²) in [5, 5.41) is 6.17. The molecule has 8 heteroatoms. The van der Waals surface area contributed by atoms with Gasteiger partial charge in [0.25, 0.3) is 5.91 Å². The van der Waals surface area contributed by atoms with Crippen molar-refractivity contribution < 1.29 is 9.18 Å². The highest BCUT2D eigenvalue weighted by atomic mass is 19.1. The van der Waals surface area contributed by atoms with Crippen LogP contribution >= 0.6 is 0 Å². The van der Waals surface area contributed by atoms with Gasteiger partial charge in [-0.2, -0.15) is 0 Å². The minimum Gasteiger partial charge on any atom is -0.365 e. The third-order valence-electron chi connectivity index (χ3n) is 5.37. The molecule has 1 amide bonds. The van der Waals surface area contributed by atoms with E-state index in [2.05, 4.69) is 20.6 Å². The number of primary amides is 1. The van der Waals surface area contributed by atoms with E-state index in [-0.39, 0.29) is 17.2 Å². The van der Waals surface area contributed by atoms with E-state index in [1.54, 1.807) is 12.4 Å². The summed E-state index contributed by atoms with van der Waals surface area (Å²) in [6.45, 7) is 1.88. The van der Waals surface area contributed by atoms with Crippen LogP contribution in [0.3, 0.4) is 0 Å². The summed E-state index contributed by atoms with van der Waals surface area (Å²) in [6.07, 6.45) is 3.27. The molecule has 0 aliphatic carbocycles. The van der Waals surface area contributed by atoms with Gasteiger partial charge in [0.1, 0.15) is 5.82 Å². The van der Waals surface area contributed by atoms with Crippen molar-refractivity contribution in [2.24, 2.45) is 11.5 Å². The second-order valence-corrected chi connectivity index (χ2v) is 7.92. The highest BCUT2D eigenvalue weighted by Crippen LogP contribution is 2.32. The molecule has 2 aromatic heterocycles. The first-order valence-electron chi connectivity index (χ1n) is 10.7. The van der Waals surface area contributed by atoms with E-state index in [1.165, 1.54) is 0 Å². The molecule has 0 saturated heterocycles. The first kappa shape index (κ1) is 22.9. The number of hydrogen-bond acceptors (Lipinski definition) is 6. The Morgan fingerprint density at radius 2 is 1.59 bits per heavy atom. The molecule has 0 spiro atoms. The minimum absolute atomic E-state index is 0.0617. The van der Waals surface area contributed by atoms with Crippen molar-refractivity contribution in [3.05, 3.63) is 113 Å². The fourth-order valence-corrected chi connectivity index (χ4v) is 3.69. The number of anilines is 3. The van der Waals surface area contributed by atoms with E-state index in [1.807, 2.05) is 73.7 Å². The Labute approximate surface area is 197 Å². The first-order valence-corrected chi connectivity index (χ1v) is 10.7. The summed E-state index contributed by atoms with van der Waals surface area (Å²) in [7, 11) is 0. The number of carbonyl (C=O) groups excluding carboxylic acids is 1. The summed E-state index contributed by atoms with van der Waals surface area (Å²) in [5.41, 5.74) is 15.3. The Morgan fingerprint density at radius 3 is 2.21 bits per heavy atom. The Bertz CT molecular complexity index is 1280. The number of nitrogens with one attached hydrogen (secondary N) is 2. The van der Waals surface area contributed by atoms with Crippen LogP contribution in [-0.2, 0) is 0 Å². The molecule has 0 unspecified atom stereocenters. The molecule has 172 valence electrons. The topological polar surface area (TPSA) is 119 Å². The summed E-state index contributed by atoms with van der Waals surface area (Å²) >= 11 is 0. The van der Waals surface area contributed by atoms with E-state index >= 15 is 4.39 Å². The fraction of sp³-hybridized carbons (Fsp3) is 0.115. The van der Waals surface area contributed by atoms with Crippen molar-refractivity contribution in [1.82, 2.24) is 9.97 Å². The molecule has 2 atom stereocenters. The molecule has 0 bridgehead atoms. The van der Waals surface area contributed by atoms with Gasteiger partial charge in [-0.25, -0.2) is 9.37 Å². The van der Waals surface area contributed by atoms with Gasteiger partial charge >= 0.3 is 0 Å². The van der Waals surface area contributed by atoms with Crippen LogP contribution in [0.25, 0.3) is 0 Å². The smallest absolute Gasteiger partial charge is 0.252 e. The Balaban J connectivity index is 1.74. The Hall–Kier alpha value is -4.30. The number of amides is 1. The number of hydrogen-bond donors (Lipinski definition) is 4. The standard InChI is InChI=1S/C26H25FN6O/c1-16-12-19(15-30-14-16)31-25-20(24(29)34)13-21(27)26(33-25)32-23(18-10-6-3-7-11-18)22(28)17-8-4-2-5-9-17/h2-15,22-23H,28H2,1H3,(H2,29,34)(H2,31,32,33)/t22-,23+/m0/s1. The van der Waals surface area contributed by atoms with Crippen molar-refractivity contribution >= 4 is 23.2 Å². The maximum Gasteiger partial charge on any atom is 0.252 e. The van der Waals surface area contributed by atoms with Gasteiger partial charge in [0.05, 0.1) is 29.5 Å². The predicted octanol–water partition coefficient (Wildman–Crippen LogP) is 4.62. The molecule has 0 radical (unpaired) electrons. The molecule has 4 rings (SSSR count). The molecule has 4 aromatic rings. The third-order valence-corrected chi connectivity index (χ3v) is 5.37. The highest BCUT2D eigenvalue weighted by molar-refractivity contribution is 5.98. The number of carbonyl (C=O) groups is 1. The molecular weight excluding hydrogens is 431 g/mol. The van der Waals surface area contributed by atoms with E-state index in [0.717, 1.165) is 22.8 Å². The van der Waals surface area contributed by atoms with Crippen LogP contribution in [0.5, 0.6) is 0 Å². The molecule has 6 N–H and O–H groups in total. The zero-order chi connectivity index (χ0) is 24.1. The van der Waals surface area contributed by atoms with E-state index in [0.29, 0.717) is 5.69 Å². The molecule has 7 nitrogen and oxygen atoms in total. The number of benzene rings is 2. The van der Waals surface area contributed by atoms with Crippen LogP contribution in [0.15, 0.2) is 85.2 Å². The van der Waals surface area contributed by atoms with E-state index < -0.39 is 23.8 Å². The molecule has 34 heavy (non-hydrogen) atoms. The van der Waals surface area contributed by atoms with Crippen molar-refractivity contribution in [2.45, 2.75) is 19.0 Å². The summed E-state index contributed by atoms with van der Waals surface area (Å²) in [5.74, 6) is -1.47. The fourth-order valence-electron chi connectivity index (χ4n) is 3.69. The van der Waals surface area contributed by atoms with Gasteiger partial charge in [-0.3, -0.25) is 9.78 Å². The summed E-state index contributed by atoms with van der Waals surface area (Å²) in [6, 6.07) is 20.9. The second-order valence-electron chi connectivity index (χ2n) is 7.92. The average Bonchev–Trinajstić information content (AvgIpc) is 2.84. The van der Waals surface area contributed by atoms with Crippen LogP contribution in [0.4, 0.5) is 21.7 Å². The van der Waals surface area contributed by atoms with Crippen molar-refractivity contribution in [1.29, 1.82) is 0 Å². The Morgan fingerprint density at radius 1 is 0.941 bits per heavy atom. The molecule has 2 heterocycles. The lowest BCUT2D eigenvalue weighted by Crippen LogP contribution is -2.27. The monoisotopic (exact) mass is 456 g/mol. The van der Waals surface area contributed by atoms with Gasteiger partial charge in [0.15, 0.2) is 11.6 Å². The number of nitrogens with zero attached hydrogens (tertiary/aromatic N) is 2. The average molecular weight is 457 g/mol.